The van der Waals surface area contributed by atoms with Gasteiger partial charge in [-0.05, 0) is 35.7 Å². The maximum Gasteiger partial charge on any atom is 0.263 e. The average molecular weight is 453 g/mol. The molecule has 1 aliphatic rings. The van der Waals surface area contributed by atoms with Crippen LogP contribution in [0.3, 0.4) is 0 Å². The minimum Gasteiger partial charge on any atom is -0.491 e. The van der Waals surface area contributed by atoms with Crippen LogP contribution in [0.25, 0.3) is 0 Å². The molecule has 162 valence electrons. The van der Waals surface area contributed by atoms with Crippen molar-refractivity contribution < 1.29 is 22.7 Å². The minimum atomic E-state index is -3.61. The molecule has 0 saturated carbocycles. The van der Waals surface area contributed by atoms with Gasteiger partial charge in [0, 0.05) is 5.02 Å². The van der Waals surface area contributed by atoms with Crippen LogP contribution in [0.1, 0.15) is 25.3 Å². The van der Waals surface area contributed by atoms with Crippen molar-refractivity contribution in [2.75, 3.05) is 30.3 Å². The summed E-state index contributed by atoms with van der Waals surface area (Å²) < 4.78 is 37.1. The molecule has 7 nitrogen and oxygen atoms in total. The number of nitrogens with one attached hydrogen (secondary N) is 1. The Morgan fingerprint density at radius 1 is 1.30 bits per heavy atom. The van der Waals surface area contributed by atoms with E-state index in [9.17, 15) is 13.2 Å². The van der Waals surface area contributed by atoms with E-state index in [1.807, 2.05) is 24.3 Å². The molecule has 0 spiro atoms. The van der Waals surface area contributed by atoms with Crippen molar-refractivity contribution >= 4 is 33.2 Å². The molecule has 2 aromatic rings. The van der Waals surface area contributed by atoms with E-state index in [0.717, 1.165) is 21.9 Å². The van der Waals surface area contributed by atoms with E-state index >= 15 is 0 Å². The van der Waals surface area contributed by atoms with E-state index < -0.39 is 22.0 Å². The van der Waals surface area contributed by atoms with E-state index in [-0.39, 0.29) is 19.7 Å². The lowest BCUT2D eigenvalue weighted by Crippen LogP contribution is -2.51. The number of amides is 1. The molecule has 30 heavy (non-hydrogen) atoms. The molecule has 1 N–H and O–H groups in total. The third kappa shape index (κ3) is 5.17. The lowest BCUT2D eigenvalue weighted by atomic mass is 10.0. The number of hydrogen-bond acceptors (Lipinski definition) is 5. The predicted molar refractivity (Wildman–Crippen MR) is 117 cm³/mol. The highest BCUT2D eigenvalue weighted by atomic mass is 35.5. The summed E-state index contributed by atoms with van der Waals surface area (Å²) in [6, 6.07) is 12.4. The lowest BCUT2D eigenvalue weighted by molar-refractivity contribution is -0.127. The molecule has 0 unspecified atom stereocenters. The monoisotopic (exact) mass is 452 g/mol. The fourth-order valence-electron chi connectivity index (χ4n) is 3.21. The first-order chi connectivity index (χ1) is 14.2. The number of sulfonamides is 1. The van der Waals surface area contributed by atoms with E-state index in [0.29, 0.717) is 22.4 Å². The summed E-state index contributed by atoms with van der Waals surface area (Å²) in [6.45, 7) is 4.59. The van der Waals surface area contributed by atoms with Crippen LogP contribution < -0.4 is 19.1 Å². The number of rotatable bonds is 7. The predicted octanol–water partition coefficient (Wildman–Crippen LogP) is 3.19. The fourth-order valence-corrected chi connectivity index (χ4v) is 4.29. The summed E-state index contributed by atoms with van der Waals surface area (Å²) in [6.07, 6.45) is 0.106. The Kier molecular flexibility index (Phi) is 6.77. The van der Waals surface area contributed by atoms with Crippen LogP contribution in [0.2, 0.25) is 5.02 Å². The topological polar surface area (TPSA) is 84.9 Å². The number of para-hydroxylation sites is 1. The summed E-state index contributed by atoms with van der Waals surface area (Å²) in [5, 5.41) is 3.13. The molecular formula is C21H25ClN2O5S. The summed E-state index contributed by atoms with van der Waals surface area (Å²) >= 11 is 5.99. The van der Waals surface area contributed by atoms with Gasteiger partial charge < -0.3 is 14.8 Å². The zero-order chi connectivity index (χ0) is 21.9. The maximum atomic E-state index is 12.6. The number of nitrogens with zero attached hydrogens (tertiary/aromatic N) is 1. The molecule has 1 heterocycles. The molecule has 3 rings (SSSR count). The van der Waals surface area contributed by atoms with Crippen LogP contribution in [0.4, 0.5) is 5.69 Å². The molecule has 0 fully saturated rings. The number of carbonyl (C=O) groups is 1. The molecule has 0 bridgehead atoms. The number of carbonyl (C=O) groups excluding carboxylic acids is 1. The summed E-state index contributed by atoms with van der Waals surface area (Å²) in [4.78, 5) is 12.6. The van der Waals surface area contributed by atoms with Gasteiger partial charge in [-0.1, -0.05) is 43.6 Å². The molecule has 1 amide bonds. The molecule has 0 saturated heterocycles. The van der Waals surface area contributed by atoms with Crippen molar-refractivity contribution in [2.24, 2.45) is 0 Å². The van der Waals surface area contributed by atoms with Gasteiger partial charge in [-0.3, -0.25) is 9.10 Å². The van der Waals surface area contributed by atoms with Crippen LogP contribution in [0.5, 0.6) is 11.5 Å². The van der Waals surface area contributed by atoms with E-state index in [1.54, 1.807) is 12.1 Å². The minimum absolute atomic E-state index is 0.130. The second-order valence-corrected chi connectivity index (χ2v) is 9.69. The summed E-state index contributed by atoms with van der Waals surface area (Å²) in [7, 11) is -3.61. The third-order valence-electron chi connectivity index (χ3n) is 4.68. The van der Waals surface area contributed by atoms with Gasteiger partial charge in [0.05, 0.1) is 25.0 Å². The van der Waals surface area contributed by atoms with Gasteiger partial charge in [-0.2, -0.15) is 0 Å². The fraction of sp³-hybridized carbons (Fsp3) is 0.381. The Hall–Kier alpha value is -2.45. The zero-order valence-corrected chi connectivity index (χ0v) is 18.7. The van der Waals surface area contributed by atoms with Crippen LogP contribution in [0, 0.1) is 0 Å². The second kappa shape index (κ2) is 9.14. The standard InChI is InChI=1S/C21H25ClN2O5S/c1-14(2)16-6-4-5-7-18(16)28-11-10-23-21(25)20-13-24(30(3,26)27)17-12-15(22)8-9-19(17)29-20/h4-9,12,14,20H,10-11,13H2,1-3H3,(H,23,25)/t20-/m0/s1. The largest absolute Gasteiger partial charge is 0.491 e. The number of anilines is 1. The molecule has 0 aliphatic carbocycles. The van der Waals surface area contributed by atoms with Gasteiger partial charge in [0.1, 0.15) is 18.1 Å². The second-order valence-electron chi connectivity index (χ2n) is 7.34. The Balaban J connectivity index is 1.62. The first-order valence-electron chi connectivity index (χ1n) is 9.60. The van der Waals surface area contributed by atoms with Gasteiger partial charge in [0.25, 0.3) is 5.91 Å². The number of fused-ring (bicyclic) bond motifs is 1. The summed E-state index contributed by atoms with van der Waals surface area (Å²) in [5.74, 6) is 0.982. The average Bonchev–Trinajstić information content (AvgIpc) is 2.69. The highest BCUT2D eigenvalue weighted by Crippen LogP contribution is 2.37. The normalized spacial score (nSPS) is 16.0. The molecule has 0 radical (unpaired) electrons. The summed E-state index contributed by atoms with van der Waals surface area (Å²) in [5.41, 5.74) is 1.42. The molecule has 0 aromatic heterocycles. The van der Waals surface area contributed by atoms with Crippen LogP contribution in [0.15, 0.2) is 42.5 Å². The van der Waals surface area contributed by atoms with E-state index in [1.165, 1.54) is 6.07 Å². The van der Waals surface area contributed by atoms with E-state index in [4.69, 9.17) is 21.1 Å². The zero-order valence-electron chi connectivity index (χ0n) is 17.1. The molecular weight excluding hydrogens is 428 g/mol. The molecule has 1 atom stereocenters. The van der Waals surface area contributed by atoms with E-state index in [2.05, 4.69) is 19.2 Å². The number of halogens is 1. The highest BCUT2D eigenvalue weighted by Gasteiger charge is 2.35. The Bertz CT molecular complexity index is 1030. The Morgan fingerprint density at radius 2 is 2.03 bits per heavy atom. The first-order valence-corrected chi connectivity index (χ1v) is 11.8. The maximum absolute atomic E-state index is 12.6. The van der Waals surface area contributed by atoms with Gasteiger partial charge >= 0.3 is 0 Å². The quantitative estimate of drug-likeness (QED) is 0.652. The van der Waals surface area contributed by atoms with Crippen molar-refractivity contribution in [2.45, 2.75) is 25.9 Å². The Morgan fingerprint density at radius 3 is 2.73 bits per heavy atom. The van der Waals surface area contributed by atoms with Crippen LogP contribution >= 0.6 is 11.6 Å². The highest BCUT2D eigenvalue weighted by molar-refractivity contribution is 7.92. The SMILES string of the molecule is CC(C)c1ccccc1OCCNC(=O)[C@@H]1CN(S(C)(=O)=O)c2cc(Cl)ccc2O1. The molecule has 2 aromatic carbocycles. The van der Waals surface area contributed by atoms with Crippen molar-refractivity contribution in [3.05, 3.63) is 53.1 Å². The van der Waals surface area contributed by atoms with Gasteiger partial charge in [-0.25, -0.2) is 8.42 Å². The number of hydrogen-bond donors (Lipinski definition) is 1. The third-order valence-corrected chi connectivity index (χ3v) is 6.06. The molecule has 1 aliphatic heterocycles. The molecule has 9 heteroatoms. The first kappa shape index (κ1) is 22.2. The van der Waals surface area contributed by atoms with Crippen LogP contribution in [-0.4, -0.2) is 46.4 Å². The van der Waals surface area contributed by atoms with Crippen molar-refractivity contribution in [1.82, 2.24) is 5.32 Å². The smallest absolute Gasteiger partial charge is 0.263 e. The van der Waals surface area contributed by atoms with Gasteiger partial charge in [0.15, 0.2) is 6.10 Å². The van der Waals surface area contributed by atoms with Gasteiger partial charge in [-0.15, -0.1) is 0 Å². The lowest BCUT2D eigenvalue weighted by Gasteiger charge is -2.34. The Labute approximate surface area is 182 Å². The van der Waals surface area contributed by atoms with Crippen molar-refractivity contribution in [1.29, 1.82) is 0 Å². The number of ether oxygens (including phenoxy) is 2. The van der Waals surface area contributed by atoms with Gasteiger partial charge in [0.2, 0.25) is 10.0 Å². The number of benzene rings is 2. The van der Waals surface area contributed by atoms with Crippen LogP contribution in [-0.2, 0) is 14.8 Å². The van der Waals surface area contributed by atoms with Crippen molar-refractivity contribution in [3.63, 3.8) is 0 Å². The van der Waals surface area contributed by atoms with Crippen molar-refractivity contribution in [3.8, 4) is 11.5 Å².